The van der Waals surface area contributed by atoms with Gasteiger partial charge < -0.3 is 9.47 Å². The largest absolute Gasteiger partial charge is 2.00 e. The number of nitrogens with zero attached hydrogens (tertiary/aromatic N) is 3. The standard InChI is InChI=1S/C46H29N3O2.Pt/c1-3-14-33(15-4-1)40-24-13-25-41(34-16-5-2-6-17-34)45(40)49-32-48(43-28-27-35-18-7-8-23-42(35)46(43)49)36-19-11-20-37(30-36)50-38-21-12-22-39(31-38)51-44-26-9-10-29-47-44;/h1-29H;/q;+2. The zero-order valence-corrected chi connectivity index (χ0v) is 30.0. The van der Waals surface area contributed by atoms with Crippen molar-refractivity contribution in [2.75, 3.05) is 0 Å². The molecule has 0 spiro atoms. The molecule has 0 bridgehead atoms. The SMILES string of the molecule is C1=[N+](c2[c-]c(Oc3[c-]c(Oc4ccccn4)ccc3)ccc2)c2ccc3ccccc3c2[N+]=1c1c(-c2ccccc2)cccc1-c1ccccc1.[Pt+2]. The summed E-state index contributed by atoms with van der Waals surface area (Å²) < 4.78 is 16.5. The molecule has 0 N–H and O–H groups in total. The van der Waals surface area contributed by atoms with Gasteiger partial charge in [-0.1, -0.05) is 114 Å². The molecule has 0 fully saturated rings. The van der Waals surface area contributed by atoms with Crippen molar-refractivity contribution in [3.05, 3.63) is 188 Å². The number of aromatic nitrogens is 1. The molecular weight excluding hydrogens is 822 g/mol. The summed E-state index contributed by atoms with van der Waals surface area (Å²) in [7, 11) is 0. The molecule has 0 saturated carbocycles. The maximum absolute atomic E-state index is 6.30. The van der Waals surface area contributed by atoms with Crippen LogP contribution in [0.4, 0.5) is 22.7 Å². The molecule has 1 aromatic heterocycles. The number of rotatable bonds is 8. The molecule has 8 aromatic rings. The summed E-state index contributed by atoms with van der Waals surface area (Å²) >= 11 is 0. The third-order valence-electron chi connectivity index (χ3n) is 8.78. The van der Waals surface area contributed by atoms with E-state index in [4.69, 9.17) is 9.47 Å². The first kappa shape index (κ1) is 32.8. The van der Waals surface area contributed by atoms with Gasteiger partial charge in [0, 0.05) is 35.6 Å². The minimum absolute atomic E-state index is 0. The van der Waals surface area contributed by atoms with E-state index in [-0.39, 0.29) is 21.1 Å². The van der Waals surface area contributed by atoms with Crippen LogP contribution >= 0.6 is 0 Å². The summed E-state index contributed by atoms with van der Waals surface area (Å²) in [6.45, 7) is 0. The fraction of sp³-hybridized carbons (Fsp3) is 0. The number of para-hydroxylation sites is 1. The number of hydrogen-bond donors (Lipinski definition) is 0. The molecule has 6 heteroatoms. The average Bonchev–Trinajstić information content (AvgIpc) is 3.59. The summed E-state index contributed by atoms with van der Waals surface area (Å²) in [6, 6.07) is 67.8. The first-order chi connectivity index (χ1) is 25.3. The second-order valence-corrected chi connectivity index (χ2v) is 12.0. The number of hydrogen-bond acceptors (Lipinski definition) is 3. The van der Waals surface area contributed by atoms with Gasteiger partial charge >= 0.3 is 32.8 Å². The molecule has 9 rings (SSSR count). The van der Waals surface area contributed by atoms with Crippen LogP contribution in [0.5, 0.6) is 23.1 Å². The second kappa shape index (κ2) is 14.5. The Morgan fingerprint density at radius 1 is 0.481 bits per heavy atom. The van der Waals surface area contributed by atoms with Crippen molar-refractivity contribution in [2.24, 2.45) is 0 Å². The quantitative estimate of drug-likeness (QED) is 0.113. The van der Waals surface area contributed by atoms with E-state index in [1.54, 1.807) is 12.3 Å². The molecule has 1 aliphatic rings. The van der Waals surface area contributed by atoms with E-state index in [0.29, 0.717) is 23.1 Å². The molecule has 52 heavy (non-hydrogen) atoms. The van der Waals surface area contributed by atoms with Crippen LogP contribution in [-0.4, -0.2) is 11.0 Å². The van der Waals surface area contributed by atoms with Gasteiger partial charge in [0.1, 0.15) is 5.69 Å². The first-order valence-electron chi connectivity index (χ1n) is 16.7. The minimum Gasteiger partial charge on any atom is -0.509 e. The van der Waals surface area contributed by atoms with Crippen LogP contribution in [0.15, 0.2) is 176 Å². The van der Waals surface area contributed by atoms with E-state index in [1.165, 1.54) is 0 Å². The molecular formula is C46H29N3O2Pt+2. The molecule has 7 aromatic carbocycles. The molecule has 5 nitrogen and oxygen atoms in total. The van der Waals surface area contributed by atoms with Gasteiger partial charge in [-0.05, 0) is 51.4 Å². The van der Waals surface area contributed by atoms with E-state index in [1.807, 2.05) is 48.5 Å². The van der Waals surface area contributed by atoms with Crippen LogP contribution in [0.1, 0.15) is 0 Å². The first-order valence-corrected chi connectivity index (χ1v) is 16.7. The monoisotopic (exact) mass is 850 g/mol. The topological polar surface area (TPSA) is 37.4 Å². The molecule has 0 radical (unpaired) electrons. The van der Waals surface area contributed by atoms with E-state index < -0.39 is 0 Å². The van der Waals surface area contributed by atoms with Gasteiger partial charge in [0.2, 0.25) is 11.6 Å². The van der Waals surface area contributed by atoms with E-state index in [0.717, 1.165) is 55.8 Å². The molecule has 0 saturated heterocycles. The van der Waals surface area contributed by atoms with E-state index in [9.17, 15) is 0 Å². The Morgan fingerprint density at radius 3 is 1.81 bits per heavy atom. The van der Waals surface area contributed by atoms with Gasteiger partial charge in [0.05, 0.1) is 16.5 Å². The Labute approximate surface area is 316 Å². The van der Waals surface area contributed by atoms with Crippen molar-refractivity contribution >= 4 is 39.5 Å². The van der Waals surface area contributed by atoms with Crippen molar-refractivity contribution < 1.29 is 30.5 Å². The maximum atomic E-state index is 6.30. The van der Waals surface area contributed by atoms with E-state index >= 15 is 0 Å². The maximum Gasteiger partial charge on any atom is 2.00 e. The van der Waals surface area contributed by atoms with Gasteiger partial charge in [0.15, 0.2) is 0 Å². The van der Waals surface area contributed by atoms with Crippen LogP contribution < -0.4 is 18.6 Å². The average molecular weight is 851 g/mol. The summed E-state index contributed by atoms with van der Waals surface area (Å²) in [6.07, 6.45) is 1.69. The smallest absolute Gasteiger partial charge is 0.509 e. The molecule has 0 amide bonds. The third kappa shape index (κ3) is 6.36. The minimum atomic E-state index is 0. The van der Waals surface area contributed by atoms with Gasteiger partial charge in [-0.15, -0.1) is 18.2 Å². The van der Waals surface area contributed by atoms with Crippen molar-refractivity contribution in [1.29, 1.82) is 0 Å². The molecule has 1 aliphatic heterocycles. The molecule has 0 unspecified atom stereocenters. The van der Waals surface area contributed by atoms with Gasteiger partial charge in [-0.25, -0.2) is 4.98 Å². The molecule has 0 atom stereocenters. The van der Waals surface area contributed by atoms with Crippen LogP contribution in [0.2, 0.25) is 0 Å². The van der Waals surface area contributed by atoms with Crippen molar-refractivity contribution in [2.45, 2.75) is 0 Å². The van der Waals surface area contributed by atoms with Gasteiger partial charge in [-0.3, -0.25) is 0 Å². The zero-order chi connectivity index (χ0) is 34.0. The Morgan fingerprint density at radius 2 is 1.10 bits per heavy atom. The van der Waals surface area contributed by atoms with Gasteiger partial charge in [-0.2, -0.15) is 12.1 Å². The summed E-state index contributed by atoms with van der Waals surface area (Å²) in [5, 5.41) is 2.27. The van der Waals surface area contributed by atoms with Crippen LogP contribution in [0.25, 0.3) is 33.0 Å². The Bertz CT molecular complexity index is 2560. The third-order valence-corrected chi connectivity index (χ3v) is 8.78. The Kier molecular flexibility index (Phi) is 9.12. The number of ether oxygens (including phenoxy) is 2. The fourth-order valence-electron chi connectivity index (χ4n) is 6.51. The number of fused-ring (bicyclic) bond motifs is 3. The van der Waals surface area contributed by atoms with Crippen LogP contribution in [0.3, 0.4) is 0 Å². The number of benzene rings is 7. The normalized spacial score (nSPS) is 11.6. The van der Waals surface area contributed by atoms with Crippen molar-refractivity contribution in [3.63, 3.8) is 0 Å². The summed E-state index contributed by atoms with van der Waals surface area (Å²) in [5.41, 5.74) is 8.32. The summed E-state index contributed by atoms with van der Waals surface area (Å²) in [4.78, 5) is 4.25. The summed E-state index contributed by atoms with van der Waals surface area (Å²) in [5.74, 6) is 2.03. The molecule has 0 aliphatic carbocycles. The van der Waals surface area contributed by atoms with Crippen LogP contribution in [-0.2, 0) is 21.1 Å². The van der Waals surface area contributed by atoms with Crippen molar-refractivity contribution in [1.82, 2.24) is 14.1 Å². The van der Waals surface area contributed by atoms with Crippen LogP contribution in [0, 0.1) is 12.1 Å². The van der Waals surface area contributed by atoms with Gasteiger partial charge in [0.25, 0.3) is 5.69 Å². The predicted molar refractivity (Wildman–Crippen MR) is 204 cm³/mol. The fourth-order valence-corrected chi connectivity index (χ4v) is 6.51. The predicted octanol–water partition coefficient (Wildman–Crippen LogP) is 11.6. The number of pyridine rings is 1. The Hall–Kier alpha value is -6.38. The molecule has 248 valence electrons. The van der Waals surface area contributed by atoms with Crippen molar-refractivity contribution in [3.8, 4) is 45.4 Å². The Balaban J connectivity index is 0.00000387. The van der Waals surface area contributed by atoms with E-state index in [2.05, 4.69) is 148 Å². The zero-order valence-electron chi connectivity index (χ0n) is 27.7. The molecule has 2 heterocycles. The second-order valence-electron chi connectivity index (χ2n) is 12.0.